The first-order chi connectivity index (χ1) is 8.13. The van der Waals surface area contributed by atoms with Gasteiger partial charge in [-0.1, -0.05) is 19.1 Å². The van der Waals surface area contributed by atoms with Crippen LogP contribution >= 0.6 is 0 Å². The van der Waals surface area contributed by atoms with Crippen molar-refractivity contribution in [2.75, 3.05) is 0 Å². The van der Waals surface area contributed by atoms with Gasteiger partial charge in [-0.2, -0.15) is 0 Å². The number of rotatable bonds is 3. The highest BCUT2D eigenvalue weighted by Gasteiger charge is 2.11. The van der Waals surface area contributed by atoms with Gasteiger partial charge in [0.2, 0.25) is 0 Å². The van der Waals surface area contributed by atoms with Gasteiger partial charge in [0.05, 0.1) is 11.0 Å². The van der Waals surface area contributed by atoms with Gasteiger partial charge in [0.15, 0.2) is 0 Å². The molecule has 0 fully saturated rings. The summed E-state index contributed by atoms with van der Waals surface area (Å²) in [6.45, 7) is 1.48. The minimum Gasteiger partial charge on any atom is -0.480 e. The fourth-order valence-corrected chi connectivity index (χ4v) is 1.77. The Morgan fingerprint density at radius 2 is 2.12 bits per heavy atom. The van der Waals surface area contributed by atoms with E-state index < -0.39 is 5.97 Å². The summed E-state index contributed by atoms with van der Waals surface area (Å²) in [5.74, 6) is -1.04. The lowest BCUT2D eigenvalue weighted by molar-refractivity contribution is -0.137. The maximum atomic E-state index is 12.0. The minimum absolute atomic E-state index is 0.325. The first kappa shape index (κ1) is 11.3. The van der Waals surface area contributed by atoms with Crippen LogP contribution in [0.5, 0.6) is 0 Å². The molecule has 0 radical (unpaired) electrons. The van der Waals surface area contributed by atoms with Gasteiger partial charge in [0, 0.05) is 0 Å². The monoisotopic (exact) mass is 232 g/mol. The largest absolute Gasteiger partial charge is 0.480 e. The molecule has 0 saturated heterocycles. The van der Waals surface area contributed by atoms with E-state index in [1.807, 2.05) is 13.0 Å². The Morgan fingerprint density at radius 3 is 2.76 bits per heavy atom. The molecule has 88 valence electrons. The maximum absolute atomic E-state index is 12.0. The SMILES string of the molecule is CCc1nc2ccccc2n(CC(=O)O)c1=O. The number of carboxylic acids is 1. The van der Waals surface area contributed by atoms with Crippen LogP contribution in [0.4, 0.5) is 0 Å². The molecular formula is C12H12N2O3. The molecule has 0 aliphatic carbocycles. The predicted octanol–water partition coefficient (Wildman–Crippen LogP) is 1.04. The molecule has 0 bridgehead atoms. The summed E-state index contributed by atoms with van der Waals surface area (Å²) in [5.41, 5.74) is 1.26. The first-order valence-electron chi connectivity index (χ1n) is 5.33. The normalized spacial score (nSPS) is 10.6. The molecule has 0 aliphatic heterocycles. The number of aromatic nitrogens is 2. The molecule has 5 heteroatoms. The van der Waals surface area contributed by atoms with E-state index in [0.29, 0.717) is 23.1 Å². The topological polar surface area (TPSA) is 72.2 Å². The van der Waals surface area contributed by atoms with Gasteiger partial charge < -0.3 is 5.11 Å². The Bertz CT molecular complexity index is 631. The van der Waals surface area contributed by atoms with Crippen molar-refractivity contribution in [3.8, 4) is 0 Å². The fourth-order valence-electron chi connectivity index (χ4n) is 1.77. The minimum atomic E-state index is -1.04. The molecule has 0 spiro atoms. The van der Waals surface area contributed by atoms with E-state index in [1.54, 1.807) is 18.2 Å². The van der Waals surface area contributed by atoms with Crippen molar-refractivity contribution in [3.63, 3.8) is 0 Å². The number of nitrogens with zero attached hydrogens (tertiary/aromatic N) is 2. The van der Waals surface area contributed by atoms with Crippen molar-refractivity contribution < 1.29 is 9.90 Å². The molecule has 1 aromatic carbocycles. The van der Waals surface area contributed by atoms with Crippen molar-refractivity contribution in [2.24, 2.45) is 0 Å². The summed E-state index contributed by atoms with van der Waals surface area (Å²) in [4.78, 5) is 27.0. The summed E-state index contributed by atoms with van der Waals surface area (Å²) >= 11 is 0. The second kappa shape index (κ2) is 4.37. The van der Waals surface area contributed by atoms with Gasteiger partial charge >= 0.3 is 5.97 Å². The van der Waals surface area contributed by atoms with Crippen LogP contribution in [0.3, 0.4) is 0 Å². The van der Waals surface area contributed by atoms with Crippen molar-refractivity contribution in [3.05, 3.63) is 40.3 Å². The summed E-state index contributed by atoms with van der Waals surface area (Å²) in [7, 11) is 0. The third-order valence-corrected chi connectivity index (χ3v) is 2.55. The van der Waals surface area contributed by atoms with Crippen LogP contribution in [-0.2, 0) is 17.8 Å². The highest BCUT2D eigenvalue weighted by molar-refractivity contribution is 5.77. The standard InChI is InChI=1S/C12H12N2O3/c1-2-8-12(17)14(7-11(15)16)10-6-4-3-5-9(10)13-8/h3-6H,2,7H2,1H3,(H,15,16). The number of hydrogen-bond acceptors (Lipinski definition) is 3. The average molecular weight is 232 g/mol. The molecule has 1 aromatic heterocycles. The number of para-hydroxylation sites is 2. The van der Waals surface area contributed by atoms with Crippen LogP contribution in [-0.4, -0.2) is 20.6 Å². The van der Waals surface area contributed by atoms with Crippen molar-refractivity contribution in [2.45, 2.75) is 19.9 Å². The molecule has 1 N–H and O–H groups in total. The van der Waals surface area contributed by atoms with E-state index in [0.717, 1.165) is 0 Å². The van der Waals surface area contributed by atoms with Crippen LogP contribution in [0.1, 0.15) is 12.6 Å². The maximum Gasteiger partial charge on any atom is 0.323 e. The quantitative estimate of drug-likeness (QED) is 0.858. The van der Waals surface area contributed by atoms with E-state index >= 15 is 0 Å². The molecule has 0 amide bonds. The van der Waals surface area contributed by atoms with E-state index in [4.69, 9.17) is 5.11 Å². The van der Waals surface area contributed by atoms with Crippen LogP contribution < -0.4 is 5.56 Å². The average Bonchev–Trinajstić information content (AvgIpc) is 2.32. The Morgan fingerprint density at radius 1 is 1.41 bits per heavy atom. The third kappa shape index (κ3) is 2.04. The summed E-state index contributed by atoms with van der Waals surface area (Å²) in [6.07, 6.45) is 0.489. The number of hydrogen-bond donors (Lipinski definition) is 1. The zero-order valence-corrected chi connectivity index (χ0v) is 9.38. The van der Waals surface area contributed by atoms with Gasteiger partial charge in [0.1, 0.15) is 12.2 Å². The van der Waals surface area contributed by atoms with E-state index in [-0.39, 0.29) is 12.1 Å². The zero-order valence-electron chi connectivity index (χ0n) is 9.38. The summed E-state index contributed by atoms with van der Waals surface area (Å²) in [5, 5.41) is 8.83. The molecule has 2 aromatic rings. The summed E-state index contributed by atoms with van der Waals surface area (Å²) in [6, 6.07) is 7.04. The van der Waals surface area contributed by atoms with E-state index in [1.165, 1.54) is 4.57 Å². The lowest BCUT2D eigenvalue weighted by Gasteiger charge is -2.09. The number of carboxylic acid groups (broad SMARTS) is 1. The van der Waals surface area contributed by atoms with Crippen molar-refractivity contribution in [1.29, 1.82) is 0 Å². The van der Waals surface area contributed by atoms with Gasteiger partial charge in [-0.3, -0.25) is 14.2 Å². The van der Waals surface area contributed by atoms with Crippen molar-refractivity contribution in [1.82, 2.24) is 9.55 Å². The Kier molecular flexibility index (Phi) is 2.91. The molecule has 5 nitrogen and oxygen atoms in total. The van der Waals surface area contributed by atoms with Gasteiger partial charge in [-0.05, 0) is 18.6 Å². The zero-order chi connectivity index (χ0) is 12.4. The second-order valence-corrected chi connectivity index (χ2v) is 3.69. The number of aryl methyl sites for hydroxylation is 1. The molecule has 0 unspecified atom stereocenters. The van der Waals surface area contributed by atoms with Crippen LogP contribution in [0, 0.1) is 0 Å². The van der Waals surface area contributed by atoms with Crippen LogP contribution in [0.15, 0.2) is 29.1 Å². The smallest absolute Gasteiger partial charge is 0.323 e. The highest BCUT2D eigenvalue weighted by atomic mass is 16.4. The molecular weight excluding hydrogens is 220 g/mol. The van der Waals surface area contributed by atoms with Crippen molar-refractivity contribution >= 4 is 17.0 Å². The Hall–Kier alpha value is -2.17. The molecule has 0 aliphatic rings. The number of benzene rings is 1. The van der Waals surface area contributed by atoms with Gasteiger partial charge in [0.25, 0.3) is 5.56 Å². The lowest BCUT2D eigenvalue weighted by atomic mass is 10.2. The van der Waals surface area contributed by atoms with E-state index in [2.05, 4.69) is 4.98 Å². The van der Waals surface area contributed by atoms with Crippen LogP contribution in [0.25, 0.3) is 11.0 Å². The lowest BCUT2D eigenvalue weighted by Crippen LogP contribution is -2.28. The predicted molar refractivity (Wildman–Crippen MR) is 63.0 cm³/mol. The number of carbonyl (C=O) groups is 1. The Labute approximate surface area is 97.3 Å². The molecule has 1 heterocycles. The molecule has 17 heavy (non-hydrogen) atoms. The number of aliphatic carboxylic acids is 1. The number of fused-ring (bicyclic) bond motifs is 1. The van der Waals surface area contributed by atoms with Crippen LogP contribution in [0.2, 0.25) is 0 Å². The van der Waals surface area contributed by atoms with Gasteiger partial charge in [-0.15, -0.1) is 0 Å². The molecule has 0 saturated carbocycles. The molecule has 2 rings (SSSR count). The highest BCUT2D eigenvalue weighted by Crippen LogP contribution is 2.09. The van der Waals surface area contributed by atoms with E-state index in [9.17, 15) is 9.59 Å². The summed E-state index contributed by atoms with van der Waals surface area (Å²) < 4.78 is 1.25. The Balaban J connectivity index is 2.80. The fraction of sp³-hybridized carbons (Fsp3) is 0.250. The van der Waals surface area contributed by atoms with Gasteiger partial charge in [-0.25, -0.2) is 4.98 Å². The second-order valence-electron chi connectivity index (χ2n) is 3.69. The molecule has 0 atom stereocenters. The first-order valence-corrected chi connectivity index (χ1v) is 5.33. The third-order valence-electron chi connectivity index (χ3n) is 2.55.